The molecule has 6 amide bonds. The van der Waals surface area contributed by atoms with E-state index in [1.54, 1.807) is 19.2 Å². The molecule has 0 radical (unpaired) electrons. The summed E-state index contributed by atoms with van der Waals surface area (Å²) in [5, 5.41) is 33.4. The number of aliphatic hydroxyl groups is 1. The lowest BCUT2D eigenvalue weighted by molar-refractivity contribution is -0.140. The highest BCUT2D eigenvalue weighted by atomic mass is 19.2. The van der Waals surface area contributed by atoms with Crippen LogP contribution in [-0.2, 0) is 70.4 Å². The number of ketones is 6. The lowest BCUT2D eigenvalue weighted by atomic mass is 9.88. The number of hydrogen-bond donors (Lipinski definition) is 13. The van der Waals surface area contributed by atoms with Gasteiger partial charge in [0, 0.05) is 30.1 Å². The zero-order chi connectivity index (χ0) is 70.6. The summed E-state index contributed by atoms with van der Waals surface area (Å²) in [5.41, 5.74) is 5.99. The number of benzene rings is 2. The first-order valence-corrected chi connectivity index (χ1v) is 32.9. The molecule has 15 N–H and O–H groups in total. The third-order valence-corrected chi connectivity index (χ3v) is 17.2. The van der Waals surface area contributed by atoms with Crippen LogP contribution in [0.1, 0.15) is 163 Å². The molecule has 0 spiro atoms. The molecule has 0 fully saturated rings. The SMILES string of the molecule is CC(=O)CN[C@@H](Cc1ccc(F)c(F)c1)C(=O)N[C@]1(C)CCCCCCCC/C=C/CCC[C@@](C)(C(=O)N[C@@H](CO)C(=O)N[C@@H](C)C(=O)C(=O)[C@H](C)NN)NC(=O)[C@H](CCC(C)C)CN[C@@H](CCC(N)=O)C(=O)C(=O)C(C)NC(=O)[C@H](Cc2c[nH]c3ccccc23)NCC1=O. The minimum absolute atomic E-state index is 0.00521. The van der Waals surface area contributed by atoms with Crippen molar-refractivity contribution in [2.45, 2.75) is 218 Å². The topological polar surface area (TPSA) is 401 Å². The lowest BCUT2D eigenvalue weighted by Crippen LogP contribution is -2.63. The van der Waals surface area contributed by atoms with Gasteiger partial charge >= 0.3 is 0 Å². The van der Waals surface area contributed by atoms with Crippen LogP contribution in [0, 0.1) is 23.5 Å². The van der Waals surface area contributed by atoms with Crippen LogP contribution in [0.2, 0.25) is 0 Å². The Kier molecular flexibility index (Phi) is 32.9. The van der Waals surface area contributed by atoms with Gasteiger partial charge in [0.2, 0.25) is 58.6 Å². The first-order chi connectivity index (χ1) is 44.9. The number of nitrogens with one attached hydrogen (secondary N) is 10. The first kappa shape index (κ1) is 79.6. The molecule has 1 unspecified atom stereocenters. The molecule has 0 bridgehead atoms. The molecule has 27 heteroatoms. The van der Waals surface area contributed by atoms with Crippen LogP contribution >= 0.6 is 0 Å². The van der Waals surface area contributed by atoms with Gasteiger partial charge < -0.3 is 47.7 Å². The smallest absolute Gasteiger partial charge is 0.246 e. The molecule has 3 aromatic rings. The highest BCUT2D eigenvalue weighted by Crippen LogP contribution is 2.24. The molecule has 1 aliphatic rings. The number of rotatable bonds is 24. The molecule has 95 heavy (non-hydrogen) atoms. The minimum atomic E-state index is -1.76. The number of aromatic nitrogens is 1. The number of aliphatic hydroxyl groups excluding tert-OH is 1. The Morgan fingerprint density at radius 1 is 0.747 bits per heavy atom. The van der Waals surface area contributed by atoms with Gasteiger partial charge in [-0.3, -0.25) is 74.0 Å². The van der Waals surface area contributed by atoms with Crippen molar-refractivity contribution in [1.82, 2.24) is 52.9 Å². The lowest BCUT2D eigenvalue weighted by Gasteiger charge is -2.33. The zero-order valence-electron chi connectivity index (χ0n) is 56.1. The van der Waals surface area contributed by atoms with Gasteiger partial charge in [-0.2, -0.15) is 0 Å². The molecule has 0 saturated carbocycles. The van der Waals surface area contributed by atoms with Crippen LogP contribution in [0.4, 0.5) is 8.78 Å². The number of hydrogen-bond acceptors (Lipinski definition) is 18. The van der Waals surface area contributed by atoms with Crippen molar-refractivity contribution in [3.05, 3.63) is 83.6 Å². The number of primary amides is 1. The number of carbonyl (C=O) groups excluding carboxylic acids is 12. The van der Waals surface area contributed by atoms with E-state index in [0.717, 1.165) is 48.7 Å². The third-order valence-electron chi connectivity index (χ3n) is 17.2. The summed E-state index contributed by atoms with van der Waals surface area (Å²) in [4.78, 5) is 168. The average Bonchev–Trinajstić information content (AvgIpc) is 1.81. The predicted octanol–water partition coefficient (Wildman–Crippen LogP) is 2.81. The maximum atomic E-state index is 14.8. The Bertz CT molecular complexity index is 3200. The number of halogens is 2. The van der Waals surface area contributed by atoms with E-state index in [0.29, 0.717) is 44.1 Å². The van der Waals surface area contributed by atoms with Crippen molar-refractivity contribution in [2.24, 2.45) is 23.4 Å². The van der Waals surface area contributed by atoms with Crippen molar-refractivity contribution < 1.29 is 71.4 Å². The first-order valence-electron chi connectivity index (χ1n) is 32.9. The van der Waals surface area contributed by atoms with Crippen molar-refractivity contribution >= 4 is 81.0 Å². The van der Waals surface area contributed by atoms with Crippen molar-refractivity contribution in [1.29, 1.82) is 0 Å². The van der Waals surface area contributed by atoms with E-state index in [1.807, 2.05) is 44.2 Å². The fraction of sp³-hybridized carbons (Fsp3) is 0.588. The molecule has 524 valence electrons. The van der Waals surface area contributed by atoms with E-state index < -0.39 is 148 Å². The van der Waals surface area contributed by atoms with Gasteiger partial charge in [0.05, 0.1) is 67.4 Å². The Morgan fingerprint density at radius 3 is 2.06 bits per heavy atom. The third kappa shape index (κ3) is 25.7. The van der Waals surface area contributed by atoms with Crippen molar-refractivity contribution in [3.63, 3.8) is 0 Å². The van der Waals surface area contributed by atoms with E-state index in [1.165, 1.54) is 40.7 Å². The number of aromatic amines is 1. The standard InChI is InChI=1S/C68H100F2N12O13/c1-40(2)24-26-46-36-75-52(28-29-57(71)86)61(90)59(88)43(5)77-63(92)54(34-47-37-74-51-23-19-18-22-48(47)51)76-38-56(85)67(7,81-65(94)53(73-35-41(3)84)33-45-25-27-49(69)50(70)32-45)30-20-16-14-12-10-9-11-13-15-17-21-31-68(8,80-62(46)91)66(95)79-55(39-83)64(93)78-42(4)58(87)60(89)44(6)82-72/h13,15,18-19,22-23,25,27,32,37,40,42-44,46,52-55,73-76,82-83H,9-12,14,16-17,20-21,24,26,28-31,33-36,38-39,72H2,1-8H3,(H2,71,86)(H,77,92)(H,78,93)(H,79,95)(H,80,91)(H,81,94)/b15-13+/t42-,43?,44-,46+,52-,53-,54-,55-,67+,68-/m0/s1. The van der Waals surface area contributed by atoms with Crippen molar-refractivity contribution in [2.75, 3.05) is 26.2 Å². The fourth-order valence-corrected chi connectivity index (χ4v) is 11.0. The molecule has 2 heterocycles. The Morgan fingerprint density at radius 2 is 1.41 bits per heavy atom. The maximum Gasteiger partial charge on any atom is 0.246 e. The summed E-state index contributed by atoms with van der Waals surface area (Å²) in [6.45, 7) is 10.1. The van der Waals surface area contributed by atoms with Crippen LogP contribution in [0.15, 0.2) is 60.8 Å². The fourth-order valence-electron chi connectivity index (χ4n) is 11.0. The highest BCUT2D eigenvalue weighted by Gasteiger charge is 2.41. The number of H-pyrrole nitrogens is 1. The largest absolute Gasteiger partial charge is 0.394 e. The number of Topliss-reactive ketones (excluding diaryl/α,β-unsaturated/α-hetero) is 6. The zero-order valence-corrected chi connectivity index (χ0v) is 56.1. The van der Waals surface area contributed by atoms with Crippen LogP contribution < -0.4 is 59.5 Å². The summed E-state index contributed by atoms with van der Waals surface area (Å²) in [7, 11) is 0. The van der Waals surface area contributed by atoms with Gasteiger partial charge in [-0.15, -0.1) is 0 Å². The van der Waals surface area contributed by atoms with E-state index in [4.69, 9.17) is 11.6 Å². The summed E-state index contributed by atoms with van der Waals surface area (Å²) < 4.78 is 28.4. The highest BCUT2D eigenvalue weighted by molar-refractivity contribution is 6.41. The van der Waals surface area contributed by atoms with E-state index >= 15 is 0 Å². The quantitative estimate of drug-likeness (QED) is 0.0265. The van der Waals surface area contributed by atoms with E-state index in [-0.39, 0.29) is 75.3 Å². The second-order valence-corrected chi connectivity index (χ2v) is 25.8. The molecule has 25 nitrogen and oxygen atoms in total. The molecule has 1 aromatic heterocycles. The molecule has 10 atom stereocenters. The van der Waals surface area contributed by atoms with Crippen LogP contribution in [0.5, 0.6) is 0 Å². The number of nitrogens with two attached hydrogens (primary N) is 2. The molecule has 4 rings (SSSR count). The number of allylic oxidation sites excluding steroid dienone is 2. The molecule has 2 aromatic carbocycles. The Hall–Kier alpha value is -7.82. The van der Waals surface area contributed by atoms with Crippen LogP contribution in [-0.4, -0.2) is 160 Å². The van der Waals surface area contributed by atoms with Gasteiger partial charge in [-0.05, 0) is 141 Å². The second kappa shape index (κ2) is 39.3. The van der Waals surface area contributed by atoms with E-state index in [2.05, 4.69) is 52.9 Å². The molecular weight excluding hydrogens is 1230 g/mol. The van der Waals surface area contributed by atoms with E-state index in [9.17, 15) is 71.4 Å². The van der Waals surface area contributed by atoms with Gasteiger partial charge in [-0.25, -0.2) is 14.2 Å². The predicted molar refractivity (Wildman–Crippen MR) is 353 cm³/mol. The number of fused-ring (bicyclic) bond motifs is 1. The summed E-state index contributed by atoms with van der Waals surface area (Å²) in [6.07, 6.45) is 11.4. The van der Waals surface area contributed by atoms with Crippen LogP contribution in [0.3, 0.4) is 0 Å². The number of hydrazine groups is 1. The number of carbonyl (C=O) groups is 12. The molecular formula is C68H100F2N12O13. The summed E-state index contributed by atoms with van der Waals surface area (Å²) >= 11 is 0. The summed E-state index contributed by atoms with van der Waals surface area (Å²) in [6, 6.07) is 0.953. The van der Waals surface area contributed by atoms with Gasteiger partial charge in [0.1, 0.15) is 17.4 Å². The molecule has 1 aliphatic heterocycles. The maximum absolute atomic E-state index is 14.8. The van der Waals surface area contributed by atoms with Gasteiger partial charge in [-0.1, -0.05) is 88.8 Å². The monoisotopic (exact) mass is 1330 g/mol. The number of amides is 6. The van der Waals surface area contributed by atoms with Crippen LogP contribution in [0.25, 0.3) is 10.9 Å². The Labute approximate surface area is 554 Å². The normalized spacial score (nSPS) is 23.2. The van der Waals surface area contributed by atoms with Crippen molar-refractivity contribution in [3.8, 4) is 0 Å². The second-order valence-electron chi connectivity index (χ2n) is 25.8. The Balaban J connectivity index is 1.73. The molecule has 0 saturated heterocycles. The minimum Gasteiger partial charge on any atom is -0.394 e. The molecule has 0 aliphatic carbocycles. The van der Waals surface area contributed by atoms with Gasteiger partial charge in [0.25, 0.3) is 0 Å². The van der Waals surface area contributed by atoms with Gasteiger partial charge in [0.15, 0.2) is 17.4 Å². The summed E-state index contributed by atoms with van der Waals surface area (Å²) in [5.74, 6) is -7.63. The number of para-hydroxylation sites is 1. The average molecular weight is 1330 g/mol.